The Morgan fingerprint density at radius 2 is 1.75 bits per heavy atom. The first-order chi connectivity index (χ1) is 9.86. The molecule has 0 fully saturated rings. The maximum absolute atomic E-state index is 6.08. The number of benzene rings is 2. The van der Waals surface area contributed by atoms with Gasteiger partial charge in [-0.3, -0.25) is 0 Å². The minimum absolute atomic E-state index is 0.360. The molecule has 0 saturated heterocycles. The fourth-order valence-corrected chi connectivity index (χ4v) is 4.97. The second-order valence-corrected chi connectivity index (χ2v) is 7.36. The number of para-hydroxylation sites is 1. The first kappa shape index (κ1) is 12.3. The summed E-state index contributed by atoms with van der Waals surface area (Å²) in [6, 6.07) is 17.1. The van der Waals surface area contributed by atoms with E-state index >= 15 is 0 Å². The van der Waals surface area contributed by atoms with Crippen LogP contribution in [0.5, 0.6) is 0 Å². The quantitative estimate of drug-likeness (QED) is 0.374. The summed E-state index contributed by atoms with van der Waals surface area (Å²) in [6.45, 7) is 0. The van der Waals surface area contributed by atoms with Crippen molar-refractivity contribution in [3.05, 3.63) is 53.5 Å². The zero-order valence-corrected chi connectivity index (χ0v) is 13.5. The Kier molecular flexibility index (Phi) is 2.99. The van der Waals surface area contributed by atoms with Crippen molar-refractivity contribution in [1.82, 2.24) is 0 Å². The number of furan rings is 1. The third-order valence-electron chi connectivity index (χ3n) is 3.49. The standard InChI is InChI=1S/C17H12OSSe/c1-19-12-8-6-11(7-9-12)17-16-14(10-20-17)13-4-2-3-5-15(13)18-16/h2-10H,1H3. The van der Waals surface area contributed by atoms with Crippen molar-refractivity contribution in [1.29, 1.82) is 0 Å². The third kappa shape index (κ3) is 1.86. The average molecular weight is 343 g/mol. The molecule has 0 spiro atoms. The fourth-order valence-electron chi connectivity index (χ4n) is 2.46. The van der Waals surface area contributed by atoms with Gasteiger partial charge in [0.15, 0.2) is 0 Å². The molecule has 0 aliphatic rings. The van der Waals surface area contributed by atoms with Gasteiger partial charge in [-0.2, -0.15) is 0 Å². The Morgan fingerprint density at radius 1 is 0.950 bits per heavy atom. The van der Waals surface area contributed by atoms with Crippen molar-refractivity contribution in [3.8, 4) is 10.0 Å². The van der Waals surface area contributed by atoms with Gasteiger partial charge in [0.05, 0.1) is 0 Å². The summed E-state index contributed by atoms with van der Waals surface area (Å²) < 4.78 is 7.43. The zero-order valence-electron chi connectivity index (χ0n) is 10.9. The van der Waals surface area contributed by atoms with Crippen LogP contribution in [0.1, 0.15) is 0 Å². The summed E-state index contributed by atoms with van der Waals surface area (Å²) in [5, 5.41) is 2.52. The predicted molar refractivity (Wildman–Crippen MR) is 87.9 cm³/mol. The van der Waals surface area contributed by atoms with Crippen molar-refractivity contribution >= 4 is 48.2 Å². The Hall–Kier alpha value is -1.41. The van der Waals surface area contributed by atoms with E-state index < -0.39 is 0 Å². The number of thioether (sulfide) groups is 1. The summed E-state index contributed by atoms with van der Waals surface area (Å²) >= 11 is 2.13. The van der Waals surface area contributed by atoms with Gasteiger partial charge >= 0.3 is 127 Å². The van der Waals surface area contributed by atoms with E-state index in [0.717, 1.165) is 11.2 Å². The summed E-state index contributed by atoms with van der Waals surface area (Å²) in [6.07, 6.45) is 2.10. The maximum atomic E-state index is 6.08. The van der Waals surface area contributed by atoms with Crippen LogP contribution >= 0.6 is 11.8 Å². The second-order valence-electron chi connectivity index (χ2n) is 4.63. The molecule has 4 aromatic rings. The summed E-state index contributed by atoms with van der Waals surface area (Å²) in [5.74, 6) is 0. The molecule has 2 aromatic heterocycles. The van der Waals surface area contributed by atoms with Gasteiger partial charge in [-0.25, -0.2) is 0 Å². The third-order valence-corrected chi connectivity index (χ3v) is 6.35. The van der Waals surface area contributed by atoms with Gasteiger partial charge < -0.3 is 0 Å². The van der Waals surface area contributed by atoms with Crippen molar-refractivity contribution in [2.24, 2.45) is 0 Å². The monoisotopic (exact) mass is 344 g/mol. The van der Waals surface area contributed by atoms with E-state index in [4.69, 9.17) is 4.42 Å². The van der Waals surface area contributed by atoms with Crippen molar-refractivity contribution < 1.29 is 4.42 Å². The Balaban J connectivity index is 1.94. The molecular formula is C17H12OSSe. The molecule has 0 amide bonds. The molecule has 4 rings (SSSR count). The van der Waals surface area contributed by atoms with Gasteiger partial charge in [0.25, 0.3) is 0 Å². The molecule has 0 atom stereocenters. The Labute approximate surface area is 127 Å². The SMILES string of the molecule is CSc1ccc(-c2[se]cc3c2oc2ccccc23)cc1. The molecule has 2 heterocycles. The average Bonchev–Trinajstić information content (AvgIpc) is 3.06. The summed E-state index contributed by atoms with van der Waals surface area (Å²) in [5.41, 5.74) is 3.35. The van der Waals surface area contributed by atoms with E-state index in [0.29, 0.717) is 14.5 Å². The number of hydrogen-bond donors (Lipinski definition) is 0. The number of fused-ring (bicyclic) bond motifs is 3. The van der Waals surface area contributed by atoms with E-state index in [9.17, 15) is 0 Å². The van der Waals surface area contributed by atoms with Crippen LogP contribution in [0.4, 0.5) is 0 Å². The first-order valence-corrected chi connectivity index (χ1v) is 9.47. The van der Waals surface area contributed by atoms with Gasteiger partial charge in [0.1, 0.15) is 0 Å². The molecule has 98 valence electrons. The van der Waals surface area contributed by atoms with Crippen LogP contribution in [0.25, 0.3) is 31.9 Å². The molecule has 3 heteroatoms. The molecule has 0 aliphatic heterocycles. The summed E-state index contributed by atoms with van der Waals surface area (Å²) in [7, 11) is 0. The fraction of sp³-hybridized carbons (Fsp3) is 0.0588. The first-order valence-electron chi connectivity index (χ1n) is 6.40. The van der Waals surface area contributed by atoms with E-state index in [2.05, 4.69) is 47.6 Å². The Morgan fingerprint density at radius 3 is 2.55 bits per heavy atom. The molecule has 0 unspecified atom stereocenters. The van der Waals surface area contributed by atoms with Crippen LogP contribution in [0.15, 0.2) is 62.8 Å². The van der Waals surface area contributed by atoms with E-state index in [1.165, 1.54) is 25.7 Å². The van der Waals surface area contributed by atoms with Crippen LogP contribution in [0, 0.1) is 0 Å². The van der Waals surface area contributed by atoms with Crippen LogP contribution < -0.4 is 0 Å². The Bertz CT molecular complexity index is 886. The predicted octanol–water partition coefficient (Wildman–Crippen LogP) is 5.03. The van der Waals surface area contributed by atoms with Crippen molar-refractivity contribution in [2.45, 2.75) is 4.90 Å². The molecule has 0 radical (unpaired) electrons. The molecule has 0 aliphatic carbocycles. The molecule has 20 heavy (non-hydrogen) atoms. The summed E-state index contributed by atoms with van der Waals surface area (Å²) in [4.78, 5) is 3.64. The van der Waals surface area contributed by atoms with Gasteiger partial charge in [-0.15, -0.1) is 0 Å². The molecular weight excluding hydrogens is 331 g/mol. The molecule has 0 saturated carbocycles. The van der Waals surface area contributed by atoms with Crippen LogP contribution in [-0.4, -0.2) is 20.8 Å². The molecule has 0 bridgehead atoms. The normalized spacial score (nSPS) is 11.4. The van der Waals surface area contributed by atoms with E-state index in [-0.39, 0.29) is 0 Å². The van der Waals surface area contributed by atoms with Crippen molar-refractivity contribution in [2.75, 3.05) is 6.26 Å². The number of hydrogen-bond acceptors (Lipinski definition) is 2. The minimum atomic E-state index is 0.360. The molecule has 0 N–H and O–H groups in total. The van der Waals surface area contributed by atoms with Crippen LogP contribution in [-0.2, 0) is 0 Å². The van der Waals surface area contributed by atoms with Gasteiger partial charge in [-0.1, -0.05) is 0 Å². The molecule has 2 aromatic carbocycles. The van der Waals surface area contributed by atoms with Crippen LogP contribution in [0.3, 0.4) is 0 Å². The van der Waals surface area contributed by atoms with Crippen LogP contribution in [0.2, 0.25) is 0 Å². The second kappa shape index (κ2) is 4.85. The number of rotatable bonds is 2. The van der Waals surface area contributed by atoms with E-state index in [1.54, 1.807) is 11.8 Å². The zero-order chi connectivity index (χ0) is 13.5. The van der Waals surface area contributed by atoms with Gasteiger partial charge in [0.2, 0.25) is 0 Å². The van der Waals surface area contributed by atoms with Gasteiger partial charge in [0, 0.05) is 0 Å². The topological polar surface area (TPSA) is 13.1 Å². The van der Waals surface area contributed by atoms with E-state index in [1.807, 2.05) is 12.1 Å². The van der Waals surface area contributed by atoms with Crippen molar-refractivity contribution in [3.63, 3.8) is 0 Å². The molecule has 1 nitrogen and oxygen atoms in total. The van der Waals surface area contributed by atoms with Gasteiger partial charge in [-0.05, 0) is 0 Å².